The number of rotatable bonds is 8. The molecule has 0 amide bonds. The standard InChI is InChI=1S/C14H24O/c1-5-6-11-15-12-14(4)10-8-7-9-13(2)3/h5-6,10H,2,7-9,11-12H2,1,3-4H3. The Morgan fingerprint density at radius 3 is 2.67 bits per heavy atom. The number of unbranched alkanes of at least 4 members (excludes halogenated alkanes) is 1. The molecule has 0 radical (unpaired) electrons. The molecule has 1 nitrogen and oxygen atoms in total. The first-order valence-electron chi connectivity index (χ1n) is 5.65. The summed E-state index contributed by atoms with van der Waals surface area (Å²) >= 11 is 0. The SMILES string of the molecule is C=C(C)CCCC=C(C)COCC=CC. The van der Waals surface area contributed by atoms with Gasteiger partial charge in [0, 0.05) is 0 Å². The quantitative estimate of drug-likeness (QED) is 0.427. The van der Waals surface area contributed by atoms with E-state index in [0.717, 1.165) is 19.4 Å². The first-order chi connectivity index (χ1) is 7.16. The van der Waals surface area contributed by atoms with Crippen molar-refractivity contribution >= 4 is 0 Å². The Bertz CT molecular complexity index is 223. The predicted molar refractivity (Wildman–Crippen MR) is 68.1 cm³/mol. The fourth-order valence-electron chi connectivity index (χ4n) is 1.20. The van der Waals surface area contributed by atoms with Crippen LogP contribution in [-0.2, 0) is 4.74 Å². The van der Waals surface area contributed by atoms with Gasteiger partial charge in [-0.15, -0.1) is 6.58 Å². The molecule has 0 atom stereocenters. The number of ether oxygens (including phenoxy) is 1. The Balaban J connectivity index is 3.47. The van der Waals surface area contributed by atoms with Crippen LogP contribution < -0.4 is 0 Å². The highest BCUT2D eigenvalue weighted by molar-refractivity contribution is 4.99. The van der Waals surface area contributed by atoms with Crippen molar-refractivity contribution in [2.45, 2.75) is 40.0 Å². The molecule has 0 saturated heterocycles. The third-order valence-corrected chi connectivity index (χ3v) is 2.08. The molecule has 0 aromatic heterocycles. The molecule has 0 aromatic carbocycles. The first kappa shape index (κ1) is 14.2. The third-order valence-electron chi connectivity index (χ3n) is 2.08. The van der Waals surface area contributed by atoms with E-state index in [1.54, 1.807) is 0 Å². The van der Waals surface area contributed by atoms with E-state index in [-0.39, 0.29) is 0 Å². The van der Waals surface area contributed by atoms with Gasteiger partial charge in [0.25, 0.3) is 0 Å². The molecule has 0 N–H and O–H groups in total. The fourth-order valence-corrected chi connectivity index (χ4v) is 1.20. The summed E-state index contributed by atoms with van der Waals surface area (Å²) in [7, 11) is 0. The highest BCUT2D eigenvalue weighted by Crippen LogP contribution is 2.06. The van der Waals surface area contributed by atoms with E-state index < -0.39 is 0 Å². The minimum atomic E-state index is 0.716. The number of allylic oxidation sites excluding steroid dienone is 3. The molecule has 0 aliphatic rings. The summed E-state index contributed by atoms with van der Waals surface area (Å²) in [6, 6.07) is 0. The van der Waals surface area contributed by atoms with Crippen molar-refractivity contribution < 1.29 is 4.74 Å². The molecule has 0 fully saturated rings. The lowest BCUT2D eigenvalue weighted by Gasteiger charge is -2.02. The molecule has 0 heterocycles. The van der Waals surface area contributed by atoms with Gasteiger partial charge in [0.2, 0.25) is 0 Å². The number of hydrogen-bond acceptors (Lipinski definition) is 1. The monoisotopic (exact) mass is 208 g/mol. The maximum Gasteiger partial charge on any atom is 0.0678 e. The summed E-state index contributed by atoms with van der Waals surface area (Å²) in [5.41, 5.74) is 2.59. The molecule has 0 saturated carbocycles. The fraction of sp³-hybridized carbons (Fsp3) is 0.571. The summed E-state index contributed by atoms with van der Waals surface area (Å²) < 4.78 is 5.44. The van der Waals surface area contributed by atoms with E-state index >= 15 is 0 Å². The number of hydrogen-bond donors (Lipinski definition) is 0. The van der Waals surface area contributed by atoms with Crippen molar-refractivity contribution in [1.82, 2.24) is 0 Å². The minimum Gasteiger partial charge on any atom is -0.373 e. The van der Waals surface area contributed by atoms with Crippen LogP contribution in [0.1, 0.15) is 40.0 Å². The zero-order valence-corrected chi connectivity index (χ0v) is 10.4. The second kappa shape index (κ2) is 9.72. The highest BCUT2D eigenvalue weighted by Gasteiger charge is 1.90. The Morgan fingerprint density at radius 2 is 2.07 bits per heavy atom. The van der Waals surface area contributed by atoms with Crippen molar-refractivity contribution in [1.29, 1.82) is 0 Å². The van der Waals surface area contributed by atoms with E-state index in [2.05, 4.69) is 26.5 Å². The molecule has 0 aliphatic carbocycles. The van der Waals surface area contributed by atoms with Crippen LogP contribution in [0.25, 0.3) is 0 Å². The lowest BCUT2D eigenvalue weighted by molar-refractivity contribution is 0.186. The van der Waals surface area contributed by atoms with Crippen LogP contribution in [0.15, 0.2) is 36.0 Å². The largest absolute Gasteiger partial charge is 0.373 e. The molecule has 0 spiro atoms. The molecule has 0 unspecified atom stereocenters. The molecule has 0 aliphatic heterocycles. The smallest absolute Gasteiger partial charge is 0.0678 e. The van der Waals surface area contributed by atoms with E-state index in [1.807, 2.05) is 19.1 Å². The van der Waals surface area contributed by atoms with Crippen LogP contribution in [0.3, 0.4) is 0 Å². The Kier molecular flexibility index (Phi) is 9.19. The van der Waals surface area contributed by atoms with Gasteiger partial charge in [-0.25, -0.2) is 0 Å². The average molecular weight is 208 g/mol. The van der Waals surface area contributed by atoms with E-state index in [0.29, 0.717) is 6.61 Å². The molecule has 0 aromatic rings. The van der Waals surface area contributed by atoms with Gasteiger partial charge in [-0.1, -0.05) is 29.4 Å². The van der Waals surface area contributed by atoms with Crippen molar-refractivity contribution in [3.63, 3.8) is 0 Å². The molecular formula is C14H24O. The normalized spacial score (nSPS) is 12.3. The van der Waals surface area contributed by atoms with Crippen LogP contribution >= 0.6 is 0 Å². The second-order valence-electron chi connectivity index (χ2n) is 3.98. The van der Waals surface area contributed by atoms with Gasteiger partial charge < -0.3 is 4.74 Å². The average Bonchev–Trinajstić information content (AvgIpc) is 2.19. The molecule has 86 valence electrons. The van der Waals surface area contributed by atoms with E-state index in [4.69, 9.17) is 4.74 Å². The van der Waals surface area contributed by atoms with Gasteiger partial charge in [0.15, 0.2) is 0 Å². The van der Waals surface area contributed by atoms with Gasteiger partial charge in [0.05, 0.1) is 13.2 Å². The predicted octanol–water partition coefficient (Wildman–Crippen LogP) is 4.27. The summed E-state index contributed by atoms with van der Waals surface area (Å²) in [4.78, 5) is 0. The molecule has 1 heteroatoms. The zero-order chi connectivity index (χ0) is 11.5. The summed E-state index contributed by atoms with van der Waals surface area (Å²) in [5.74, 6) is 0. The lowest BCUT2D eigenvalue weighted by atomic mass is 10.1. The Hall–Kier alpha value is -0.820. The van der Waals surface area contributed by atoms with Crippen LogP contribution in [0.5, 0.6) is 0 Å². The van der Waals surface area contributed by atoms with Crippen molar-refractivity contribution in [3.8, 4) is 0 Å². The van der Waals surface area contributed by atoms with Crippen molar-refractivity contribution in [3.05, 3.63) is 36.0 Å². The van der Waals surface area contributed by atoms with Crippen LogP contribution in [0.4, 0.5) is 0 Å². The molecule has 15 heavy (non-hydrogen) atoms. The first-order valence-corrected chi connectivity index (χ1v) is 5.65. The topological polar surface area (TPSA) is 9.23 Å². The summed E-state index contributed by atoms with van der Waals surface area (Å²) in [6.45, 7) is 11.6. The van der Waals surface area contributed by atoms with Crippen LogP contribution in [-0.4, -0.2) is 13.2 Å². The summed E-state index contributed by atoms with van der Waals surface area (Å²) in [5, 5.41) is 0. The minimum absolute atomic E-state index is 0.716. The molecule has 0 bridgehead atoms. The Labute approximate surface area is 94.5 Å². The maximum atomic E-state index is 5.44. The summed E-state index contributed by atoms with van der Waals surface area (Å²) in [6.07, 6.45) is 9.75. The van der Waals surface area contributed by atoms with Crippen LogP contribution in [0, 0.1) is 0 Å². The van der Waals surface area contributed by atoms with Crippen molar-refractivity contribution in [2.24, 2.45) is 0 Å². The van der Waals surface area contributed by atoms with Gasteiger partial charge >= 0.3 is 0 Å². The zero-order valence-electron chi connectivity index (χ0n) is 10.4. The second-order valence-corrected chi connectivity index (χ2v) is 3.98. The van der Waals surface area contributed by atoms with Gasteiger partial charge in [-0.05, 0) is 40.0 Å². The maximum absolute atomic E-state index is 5.44. The van der Waals surface area contributed by atoms with E-state index in [1.165, 1.54) is 17.6 Å². The van der Waals surface area contributed by atoms with Gasteiger partial charge in [0.1, 0.15) is 0 Å². The van der Waals surface area contributed by atoms with Crippen molar-refractivity contribution in [2.75, 3.05) is 13.2 Å². The highest BCUT2D eigenvalue weighted by atomic mass is 16.5. The third kappa shape index (κ3) is 11.1. The van der Waals surface area contributed by atoms with Gasteiger partial charge in [-0.3, -0.25) is 0 Å². The molecule has 0 rings (SSSR count). The van der Waals surface area contributed by atoms with Crippen LogP contribution in [0.2, 0.25) is 0 Å². The lowest BCUT2D eigenvalue weighted by Crippen LogP contribution is -1.95. The van der Waals surface area contributed by atoms with Gasteiger partial charge in [-0.2, -0.15) is 0 Å². The van der Waals surface area contributed by atoms with E-state index in [9.17, 15) is 0 Å². The Morgan fingerprint density at radius 1 is 1.33 bits per heavy atom. The molecular weight excluding hydrogens is 184 g/mol.